The topological polar surface area (TPSA) is 77.6 Å². The largest absolute Gasteiger partial charge is 0.495 e. The van der Waals surface area contributed by atoms with Crippen LogP contribution in [0.2, 0.25) is 0 Å². The van der Waals surface area contributed by atoms with E-state index in [-0.39, 0.29) is 0 Å². The Morgan fingerprint density at radius 1 is 1.22 bits per heavy atom. The van der Waals surface area contributed by atoms with Gasteiger partial charge in [0.15, 0.2) is 6.35 Å². The third-order valence-corrected chi connectivity index (χ3v) is 6.23. The van der Waals surface area contributed by atoms with Crippen molar-refractivity contribution in [3.05, 3.63) is 72.2 Å². The minimum atomic E-state index is -0.796. The molecule has 1 aliphatic rings. The zero-order chi connectivity index (χ0) is 22.5. The van der Waals surface area contributed by atoms with E-state index in [0.29, 0.717) is 23.0 Å². The Morgan fingerprint density at radius 2 is 1.97 bits per heavy atom. The normalized spacial score (nSPS) is 16.1. The van der Waals surface area contributed by atoms with Gasteiger partial charge in [-0.25, -0.2) is 4.98 Å². The fourth-order valence-electron chi connectivity index (χ4n) is 4.29. The molecule has 0 amide bonds. The molecule has 2 aromatic carbocycles. The maximum absolute atomic E-state index is 10.9. The Bertz CT molecular complexity index is 1070. The van der Waals surface area contributed by atoms with Gasteiger partial charge in [-0.2, -0.15) is 5.26 Å². The zero-order valence-electron chi connectivity index (χ0n) is 18.6. The highest BCUT2D eigenvalue weighted by Gasteiger charge is 2.27. The molecular weight excluding hydrogens is 402 g/mol. The first-order chi connectivity index (χ1) is 15.6. The Morgan fingerprint density at radius 3 is 2.66 bits per heavy atom. The number of benzene rings is 2. The summed E-state index contributed by atoms with van der Waals surface area (Å²) in [4.78, 5) is 8.93. The predicted molar refractivity (Wildman–Crippen MR) is 123 cm³/mol. The van der Waals surface area contributed by atoms with E-state index < -0.39 is 6.35 Å². The summed E-state index contributed by atoms with van der Waals surface area (Å²) in [6.45, 7) is 2.99. The van der Waals surface area contributed by atoms with E-state index in [1.165, 1.54) is 5.56 Å². The molecule has 1 aromatic heterocycles. The fourth-order valence-corrected chi connectivity index (χ4v) is 4.29. The van der Waals surface area contributed by atoms with Crippen molar-refractivity contribution >= 4 is 0 Å². The number of ether oxygens (including phenoxy) is 1. The second-order valence-electron chi connectivity index (χ2n) is 8.24. The van der Waals surface area contributed by atoms with Crippen LogP contribution >= 0.6 is 0 Å². The molecular formula is C25H29N5O2. The van der Waals surface area contributed by atoms with Crippen LogP contribution in [0.15, 0.2) is 61.1 Å². The number of aliphatic hydroxyl groups excluding tert-OH is 1. The molecule has 1 aliphatic heterocycles. The van der Waals surface area contributed by atoms with Crippen LogP contribution in [0.1, 0.15) is 30.3 Å². The van der Waals surface area contributed by atoms with E-state index >= 15 is 0 Å². The number of methoxy groups -OCH3 is 1. The summed E-state index contributed by atoms with van der Waals surface area (Å²) in [5.74, 6) is 0.536. The number of likely N-dealkylation sites (tertiary alicyclic amines) is 1. The van der Waals surface area contributed by atoms with Gasteiger partial charge in [-0.3, -0.25) is 14.4 Å². The molecule has 1 fully saturated rings. The van der Waals surface area contributed by atoms with Gasteiger partial charge in [-0.15, -0.1) is 0 Å². The molecule has 0 spiro atoms. The highest BCUT2D eigenvalue weighted by molar-refractivity contribution is 5.63. The Balaban J connectivity index is 1.37. The number of piperidine rings is 1. The summed E-state index contributed by atoms with van der Waals surface area (Å²) in [6.07, 6.45) is 4.67. The molecule has 4 rings (SSSR count). The molecule has 1 N–H and O–H groups in total. The highest BCUT2D eigenvalue weighted by atomic mass is 16.5. The van der Waals surface area contributed by atoms with Crippen LogP contribution in [0.5, 0.6) is 5.75 Å². The number of aromatic nitrogens is 2. The van der Waals surface area contributed by atoms with Crippen LogP contribution in [0.25, 0.3) is 11.3 Å². The maximum atomic E-state index is 10.9. The quantitative estimate of drug-likeness (QED) is 0.577. The van der Waals surface area contributed by atoms with E-state index in [4.69, 9.17) is 4.74 Å². The lowest BCUT2D eigenvalue weighted by Crippen LogP contribution is -2.45. The molecule has 166 valence electrons. The smallest absolute Gasteiger partial charge is 0.191 e. The summed E-state index contributed by atoms with van der Waals surface area (Å²) in [5, 5.41) is 20.3. The minimum Gasteiger partial charge on any atom is -0.495 e. The van der Waals surface area contributed by atoms with Gasteiger partial charge >= 0.3 is 0 Å². The number of aliphatic hydroxyl groups is 1. The number of nitrogens with zero attached hydrogens (tertiary/aromatic N) is 5. The first-order valence-electron chi connectivity index (χ1n) is 10.9. The van der Waals surface area contributed by atoms with Crippen LogP contribution in [-0.4, -0.2) is 57.7 Å². The van der Waals surface area contributed by atoms with E-state index in [0.717, 1.165) is 38.0 Å². The minimum absolute atomic E-state index is 0.300. The lowest BCUT2D eigenvalue weighted by atomic mass is 10.0. The number of hydrogen-bond acceptors (Lipinski definition) is 6. The zero-order valence-corrected chi connectivity index (χ0v) is 18.6. The van der Waals surface area contributed by atoms with Crippen LogP contribution in [-0.2, 0) is 6.54 Å². The molecule has 3 aromatic rings. The first-order valence-corrected chi connectivity index (χ1v) is 10.9. The molecule has 7 heteroatoms. The Hall–Kier alpha value is -3.18. The summed E-state index contributed by atoms with van der Waals surface area (Å²) in [5.41, 5.74) is 3.31. The Labute approximate surface area is 189 Å². The molecule has 1 unspecified atom stereocenters. The van der Waals surface area contributed by atoms with Gasteiger partial charge in [0, 0.05) is 24.3 Å². The van der Waals surface area contributed by atoms with E-state index in [2.05, 4.69) is 40.2 Å². The van der Waals surface area contributed by atoms with E-state index in [1.807, 2.05) is 30.3 Å². The third kappa shape index (κ3) is 4.83. The molecule has 0 saturated carbocycles. The summed E-state index contributed by atoms with van der Waals surface area (Å²) in [6, 6.07) is 18.4. The second kappa shape index (κ2) is 9.96. The van der Waals surface area contributed by atoms with Crippen LogP contribution in [0.4, 0.5) is 0 Å². The van der Waals surface area contributed by atoms with Crippen molar-refractivity contribution in [3.63, 3.8) is 0 Å². The van der Waals surface area contributed by atoms with Gasteiger partial charge in [0.2, 0.25) is 0 Å². The van der Waals surface area contributed by atoms with Crippen molar-refractivity contribution in [2.75, 3.05) is 27.2 Å². The van der Waals surface area contributed by atoms with Gasteiger partial charge in [0.1, 0.15) is 11.8 Å². The van der Waals surface area contributed by atoms with Crippen LogP contribution < -0.4 is 4.74 Å². The average Bonchev–Trinajstić information content (AvgIpc) is 3.34. The van der Waals surface area contributed by atoms with Gasteiger partial charge in [0.05, 0.1) is 24.7 Å². The molecule has 32 heavy (non-hydrogen) atoms. The average molecular weight is 432 g/mol. The third-order valence-electron chi connectivity index (χ3n) is 6.23. The summed E-state index contributed by atoms with van der Waals surface area (Å²) in [7, 11) is 3.51. The van der Waals surface area contributed by atoms with E-state index in [1.54, 1.807) is 30.1 Å². The second-order valence-corrected chi connectivity index (χ2v) is 8.24. The molecule has 2 heterocycles. The lowest BCUT2D eigenvalue weighted by molar-refractivity contribution is -0.0744. The number of rotatable bonds is 7. The van der Waals surface area contributed by atoms with Gasteiger partial charge < -0.3 is 9.84 Å². The monoisotopic (exact) mass is 431 g/mol. The number of nitriles is 1. The Kier molecular flexibility index (Phi) is 6.86. The van der Waals surface area contributed by atoms with Gasteiger partial charge in [-0.05, 0) is 56.7 Å². The predicted octanol–water partition coefficient (Wildman–Crippen LogP) is 3.48. The first kappa shape index (κ1) is 22.0. The van der Waals surface area contributed by atoms with Crippen LogP contribution in [0.3, 0.4) is 0 Å². The summed E-state index contributed by atoms with van der Waals surface area (Å²) < 4.78 is 6.92. The maximum Gasteiger partial charge on any atom is 0.191 e. The molecule has 0 aliphatic carbocycles. The van der Waals surface area contributed by atoms with Gasteiger partial charge in [-0.1, -0.05) is 30.3 Å². The molecule has 0 bridgehead atoms. The SMILES string of the molecule is COc1ccc(-c2cn(C(O)N(C)C3CCN(Cc4ccccc4)CC3)cn2)cc1C#N. The number of hydrogen-bond donors (Lipinski definition) is 1. The molecule has 1 atom stereocenters. The van der Waals surface area contributed by atoms with E-state index in [9.17, 15) is 10.4 Å². The fraction of sp³-hybridized carbons (Fsp3) is 0.360. The summed E-state index contributed by atoms with van der Waals surface area (Å²) >= 11 is 0. The standard InChI is InChI=1S/C25H29N5O2/c1-28(22-10-12-29(13-11-22)16-19-6-4-3-5-7-19)25(31)30-17-23(27-18-30)20-8-9-24(32-2)21(14-20)15-26/h3-9,14,17-18,22,25,31H,10-13,16H2,1-2H3. The van der Waals surface area contributed by atoms with Crippen molar-refractivity contribution < 1.29 is 9.84 Å². The highest BCUT2D eigenvalue weighted by Crippen LogP contribution is 2.27. The lowest BCUT2D eigenvalue weighted by Gasteiger charge is -2.38. The molecule has 1 saturated heterocycles. The van der Waals surface area contributed by atoms with Crippen molar-refractivity contribution in [1.29, 1.82) is 5.26 Å². The molecule has 0 radical (unpaired) electrons. The van der Waals surface area contributed by atoms with Crippen molar-refractivity contribution in [2.24, 2.45) is 0 Å². The number of imidazole rings is 1. The van der Waals surface area contributed by atoms with Crippen molar-refractivity contribution in [2.45, 2.75) is 31.8 Å². The van der Waals surface area contributed by atoms with Gasteiger partial charge in [0.25, 0.3) is 0 Å². The van der Waals surface area contributed by atoms with Crippen LogP contribution in [0, 0.1) is 11.3 Å². The van der Waals surface area contributed by atoms with Crippen molar-refractivity contribution in [3.8, 4) is 23.1 Å². The molecule has 7 nitrogen and oxygen atoms in total. The van der Waals surface area contributed by atoms with Crippen molar-refractivity contribution in [1.82, 2.24) is 19.4 Å².